The van der Waals surface area contributed by atoms with Gasteiger partial charge in [-0.15, -0.1) is 0 Å². The first-order valence-electron chi connectivity index (χ1n) is 5.77. The van der Waals surface area contributed by atoms with Crippen molar-refractivity contribution >= 4 is 11.6 Å². The largest absolute Gasteiger partial charge is 0.393 e. The molecule has 0 aliphatic heterocycles. The van der Waals surface area contributed by atoms with Crippen molar-refractivity contribution in [3.05, 3.63) is 34.6 Å². The number of aliphatic hydroxyl groups excluding tert-OH is 1. The van der Waals surface area contributed by atoms with Crippen LogP contribution in [0.15, 0.2) is 18.2 Å². The smallest absolute Gasteiger partial charge is 0.141 e. The first-order valence-corrected chi connectivity index (χ1v) is 6.15. The second-order valence-corrected chi connectivity index (χ2v) is 5.05. The molecule has 0 amide bonds. The molecule has 2 atom stereocenters. The van der Waals surface area contributed by atoms with Crippen molar-refractivity contribution in [2.45, 2.75) is 38.2 Å². The van der Waals surface area contributed by atoms with Crippen LogP contribution in [0.5, 0.6) is 0 Å². The molecule has 1 aliphatic carbocycles. The summed E-state index contributed by atoms with van der Waals surface area (Å²) >= 11 is 5.74. The Bertz CT molecular complexity index is 367. The van der Waals surface area contributed by atoms with Gasteiger partial charge in [0.1, 0.15) is 5.82 Å². The van der Waals surface area contributed by atoms with Crippen molar-refractivity contribution < 1.29 is 9.50 Å². The summed E-state index contributed by atoms with van der Waals surface area (Å²) in [6.07, 6.45) is 4.73. The van der Waals surface area contributed by atoms with E-state index in [2.05, 4.69) is 0 Å². The lowest BCUT2D eigenvalue weighted by Crippen LogP contribution is -2.20. The van der Waals surface area contributed by atoms with Crippen LogP contribution < -0.4 is 0 Å². The molecule has 0 heterocycles. The van der Waals surface area contributed by atoms with Crippen molar-refractivity contribution in [1.29, 1.82) is 0 Å². The van der Waals surface area contributed by atoms with Gasteiger partial charge >= 0.3 is 0 Å². The molecule has 0 radical (unpaired) electrons. The van der Waals surface area contributed by atoms with Gasteiger partial charge in [0.05, 0.1) is 11.1 Å². The van der Waals surface area contributed by atoms with Gasteiger partial charge in [-0.2, -0.15) is 0 Å². The monoisotopic (exact) mass is 242 g/mol. The maximum atomic E-state index is 13.0. The summed E-state index contributed by atoms with van der Waals surface area (Å²) in [5.74, 6) is 0.138. The van der Waals surface area contributed by atoms with E-state index in [1.807, 2.05) is 0 Å². The predicted octanol–water partition coefficient (Wildman–Crippen LogP) is 3.57. The van der Waals surface area contributed by atoms with E-state index in [-0.39, 0.29) is 16.9 Å². The standard InChI is InChI=1S/C13H16ClFO/c14-12-8-10(4-5-13(12)15)6-9-2-1-3-11(16)7-9/h4-5,8-9,11,16H,1-3,6-7H2. The van der Waals surface area contributed by atoms with Crippen molar-refractivity contribution in [2.75, 3.05) is 0 Å². The van der Waals surface area contributed by atoms with Crippen molar-refractivity contribution in [3.8, 4) is 0 Å². The molecule has 1 aliphatic rings. The molecule has 0 saturated heterocycles. The second-order valence-electron chi connectivity index (χ2n) is 4.64. The van der Waals surface area contributed by atoms with Crippen LogP contribution in [0.1, 0.15) is 31.2 Å². The fraction of sp³-hybridized carbons (Fsp3) is 0.538. The summed E-state index contributed by atoms with van der Waals surface area (Å²) in [5.41, 5.74) is 1.06. The minimum absolute atomic E-state index is 0.158. The lowest BCUT2D eigenvalue weighted by molar-refractivity contribution is 0.101. The molecule has 0 bridgehead atoms. The molecule has 1 saturated carbocycles. The highest BCUT2D eigenvalue weighted by atomic mass is 35.5. The molecular formula is C13H16ClFO. The first kappa shape index (κ1) is 11.9. The normalized spacial score (nSPS) is 25.7. The zero-order valence-electron chi connectivity index (χ0n) is 9.13. The molecule has 0 spiro atoms. The fourth-order valence-electron chi connectivity index (χ4n) is 2.45. The van der Waals surface area contributed by atoms with E-state index < -0.39 is 0 Å². The Morgan fingerprint density at radius 2 is 2.19 bits per heavy atom. The molecule has 0 aromatic heterocycles. The molecule has 1 fully saturated rings. The number of halogens is 2. The molecule has 1 aromatic rings. The van der Waals surface area contributed by atoms with E-state index in [1.54, 1.807) is 12.1 Å². The van der Waals surface area contributed by atoms with E-state index in [9.17, 15) is 9.50 Å². The first-order chi connectivity index (χ1) is 7.65. The van der Waals surface area contributed by atoms with Crippen LogP contribution in [0.2, 0.25) is 5.02 Å². The van der Waals surface area contributed by atoms with Gasteiger partial charge in [0, 0.05) is 0 Å². The summed E-state index contributed by atoms with van der Waals surface area (Å²) in [5, 5.41) is 9.76. The van der Waals surface area contributed by atoms with Crippen molar-refractivity contribution in [1.82, 2.24) is 0 Å². The highest BCUT2D eigenvalue weighted by molar-refractivity contribution is 6.30. The lowest BCUT2D eigenvalue weighted by atomic mass is 9.83. The SMILES string of the molecule is OC1CCCC(Cc2ccc(F)c(Cl)c2)C1. The van der Waals surface area contributed by atoms with E-state index in [0.717, 1.165) is 37.7 Å². The van der Waals surface area contributed by atoms with Gasteiger partial charge < -0.3 is 5.11 Å². The van der Waals surface area contributed by atoms with Crippen LogP contribution in [0.4, 0.5) is 4.39 Å². The van der Waals surface area contributed by atoms with E-state index >= 15 is 0 Å². The third-order valence-electron chi connectivity index (χ3n) is 3.26. The van der Waals surface area contributed by atoms with Gasteiger partial charge in [0.2, 0.25) is 0 Å². The number of hydrogen-bond acceptors (Lipinski definition) is 1. The van der Waals surface area contributed by atoms with Crippen LogP contribution >= 0.6 is 11.6 Å². The van der Waals surface area contributed by atoms with Crippen molar-refractivity contribution in [2.24, 2.45) is 5.92 Å². The van der Waals surface area contributed by atoms with Gasteiger partial charge in [0.15, 0.2) is 0 Å². The predicted molar refractivity (Wildman–Crippen MR) is 63.1 cm³/mol. The van der Waals surface area contributed by atoms with Gasteiger partial charge in [-0.3, -0.25) is 0 Å². The quantitative estimate of drug-likeness (QED) is 0.841. The van der Waals surface area contributed by atoms with Gasteiger partial charge in [-0.05, 0) is 49.3 Å². The van der Waals surface area contributed by atoms with E-state index in [4.69, 9.17) is 11.6 Å². The summed E-state index contributed by atoms with van der Waals surface area (Å²) in [6.45, 7) is 0. The summed E-state index contributed by atoms with van der Waals surface area (Å²) in [4.78, 5) is 0. The molecule has 1 aromatic carbocycles. The Kier molecular flexibility index (Phi) is 3.82. The molecule has 1 N–H and O–H groups in total. The molecule has 2 rings (SSSR count). The van der Waals surface area contributed by atoms with Crippen LogP contribution in [0.25, 0.3) is 0 Å². The highest BCUT2D eigenvalue weighted by Gasteiger charge is 2.20. The van der Waals surface area contributed by atoms with E-state index in [1.165, 1.54) is 6.07 Å². The molecule has 16 heavy (non-hydrogen) atoms. The van der Waals surface area contributed by atoms with E-state index in [0.29, 0.717) is 5.92 Å². The third kappa shape index (κ3) is 2.96. The zero-order valence-corrected chi connectivity index (χ0v) is 9.88. The number of hydrogen-bond donors (Lipinski definition) is 1. The molecule has 3 heteroatoms. The minimum Gasteiger partial charge on any atom is -0.393 e. The minimum atomic E-state index is -0.367. The number of aliphatic hydroxyl groups is 1. The molecule has 2 unspecified atom stereocenters. The molecule has 88 valence electrons. The maximum Gasteiger partial charge on any atom is 0.141 e. The van der Waals surface area contributed by atoms with Crippen LogP contribution in [-0.4, -0.2) is 11.2 Å². The van der Waals surface area contributed by atoms with Crippen LogP contribution in [0.3, 0.4) is 0 Å². The average Bonchev–Trinajstić information content (AvgIpc) is 2.24. The molecular weight excluding hydrogens is 227 g/mol. The Labute approximate surface area is 100 Å². The zero-order chi connectivity index (χ0) is 11.5. The summed E-state index contributed by atoms with van der Waals surface area (Å²) in [6, 6.07) is 4.89. The second kappa shape index (κ2) is 5.15. The van der Waals surface area contributed by atoms with Crippen LogP contribution in [-0.2, 0) is 6.42 Å². The Morgan fingerprint density at radius 1 is 1.38 bits per heavy atom. The number of benzene rings is 1. The summed E-state index contributed by atoms with van der Waals surface area (Å²) < 4.78 is 13.0. The Balaban J connectivity index is 2.00. The Morgan fingerprint density at radius 3 is 2.88 bits per heavy atom. The Hall–Kier alpha value is -0.600. The third-order valence-corrected chi connectivity index (χ3v) is 3.55. The van der Waals surface area contributed by atoms with Crippen molar-refractivity contribution in [3.63, 3.8) is 0 Å². The fourth-order valence-corrected chi connectivity index (χ4v) is 2.65. The highest BCUT2D eigenvalue weighted by Crippen LogP contribution is 2.28. The van der Waals surface area contributed by atoms with Crippen LogP contribution in [0, 0.1) is 11.7 Å². The van der Waals surface area contributed by atoms with Gasteiger partial charge in [0.25, 0.3) is 0 Å². The summed E-state index contributed by atoms with van der Waals surface area (Å²) in [7, 11) is 0. The average molecular weight is 243 g/mol. The van der Waals surface area contributed by atoms with Gasteiger partial charge in [-0.1, -0.05) is 24.1 Å². The topological polar surface area (TPSA) is 20.2 Å². The maximum absolute atomic E-state index is 13.0. The van der Waals surface area contributed by atoms with Gasteiger partial charge in [-0.25, -0.2) is 4.39 Å². The molecule has 1 nitrogen and oxygen atoms in total. The number of rotatable bonds is 2. The lowest BCUT2D eigenvalue weighted by Gasteiger charge is -2.25.